The molecule has 3 aromatic rings. The highest BCUT2D eigenvalue weighted by Gasteiger charge is 2.13. The van der Waals surface area contributed by atoms with Gasteiger partial charge in [0.1, 0.15) is 11.8 Å². The van der Waals surface area contributed by atoms with Gasteiger partial charge in [-0.3, -0.25) is 0 Å². The summed E-state index contributed by atoms with van der Waals surface area (Å²) in [7, 11) is 0. The fourth-order valence-corrected chi connectivity index (χ4v) is 2.28. The van der Waals surface area contributed by atoms with Gasteiger partial charge in [0.15, 0.2) is 0 Å². The average Bonchev–Trinajstić information content (AvgIpc) is 2.97. The van der Waals surface area contributed by atoms with E-state index < -0.39 is 0 Å². The maximum absolute atomic E-state index is 5.92. The SMILES string of the molecule is Cc1ccnc(Oc2cc(N[C@H](C)c3nnc(C)o3)ccc2C)c1. The maximum Gasteiger partial charge on any atom is 0.238 e. The van der Waals surface area contributed by atoms with Gasteiger partial charge in [0.2, 0.25) is 17.7 Å². The third kappa shape index (κ3) is 3.71. The highest BCUT2D eigenvalue weighted by atomic mass is 16.5. The van der Waals surface area contributed by atoms with Gasteiger partial charge in [-0.05, 0) is 44.0 Å². The molecule has 1 N–H and O–H groups in total. The zero-order valence-corrected chi connectivity index (χ0v) is 14.2. The molecule has 6 nitrogen and oxygen atoms in total. The highest BCUT2D eigenvalue weighted by molar-refractivity contribution is 5.53. The molecule has 0 saturated heterocycles. The van der Waals surface area contributed by atoms with Crippen LogP contribution >= 0.6 is 0 Å². The molecule has 1 atom stereocenters. The second-order valence-corrected chi connectivity index (χ2v) is 5.78. The minimum absolute atomic E-state index is 0.0983. The molecule has 0 unspecified atom stereocenters. The Labute approximate surface area is 140 Å². The van der Waals surface area contributed by atoms with Crippen LogP contribution < -0.4 is 10.1 Å². The molecule has 124 valence electrons. The number of hydrogen-bond acceptors (Lipinski definition) is 6. The lowest BCUT2D eigenvalue weighted by atomic mass is 10.2. The summed E-state index contributed by atoms with van der Waals surface area (Å²) in [5.41, 5.74) is 3.05. The van der Waals surface area contributed by atoms with Gasteiger partial charge in [0.05, 0.1) is 0 Å². The van der Waals surface area contributed by atoms with E-state index in [0.29, 0.717) is 17.7 Å². The fourth-order valence-electron chi connectivity index (χ4n) is 2.28. The lowest BCUT2D eigenvalue weighted by molar-refractivity contribution is 0.450. The number of benzene rings is 1. The van der Waals surface area contributed by atoms with Gasteiger partial charge in [0.25, 0.3) is 0 Å². The molecule has 2 aromatic heterocycles. The van der Waals surface area contributed by atoms with Crippen molar-refractivity contribution >= 4 is 5.69 Å². The summed E-state index contributed by atoms with van der Waals surface area (Å²) in [6.45, 7) is 7.75. The van der Waals surface area contributed by atoms with Crippen molar-refractivity contribution in [3.8, 4) is 11.6 Å². The van der Waals surface area contributed by atoms with Crippen LogP contribution in [0.2, 0.25) is 0 Å². The zero-order chi connectivity index (χ0) is 17.1. The number of hydrogen-bond donors (Lipinski definition) is 1. The zero-order valence-electron chi connectivity index (χ0n) is 14.2. The van der Waals surface area contributed by atoms with Gasteiger partial charge in [-0.15, -0.1) is 10.2 Å². The van der Waals surface area contributed by atoms with Gasteiger partial charge in [-0.1, -0.05) is 6.07 Å². The summed E-state index contributed by atoms with van der Waals surface area (Å²) in [6.07, 6.45) is 1.74. The van der Waals surface area contributed by atoms with Crippen molar-refractivity contribution in [3.63, 3.8) is 0 Å². The Morgan fingerprint density at radius 1 is 1.08 bits per heavy atom. The molecule has 0 radical (unpaired) electrons. The Balaban J connectivity index is 1.78. The average molecular weight is 324 g/mol. The summed E-state index contributed by atoms with van der Waals surface area (Å²) < 4.78 is 11.4. The highest BCUT2D eigenvalue weighted by Crippen LogP contribution is 2.29. The van der Waals surface area contributed by atoms with Crippen molar-refractivity contribution in [2.75, 3.05) is 5.32 Å². The summed E-state index contributed by atoms with van der Waals surface area (Å²) in [4.78, 5) is 4.24. The Kier molecular flexibility index (Phi) is 4.46. The molecule has 24 heavy (non-hydrogen) atoms. The minimum atomic E-state index is -0.0983. The van der Waals surface area contributed by atoms with Crippen molar-refractivity contribution in [1.29, 1.82) is 0 Å². The summed E-state index contributed by atoms with van der Waals surface area (Å²) in [6, 6.07) is 9.68. The van der Waals surface area contributed by atoms with Crippen LogP contribution in [0, 0.1) is 20.8 Å². The molecule has 0 spiro atoms. The number of nitrogens with zero attached hydrogens (tertiary/aromatic N) is 3. The molecule has 6 heteroatoms. The second kappa shape index (κ2) is 6.70. The number of pyridine rings is 1. The molecule has 0 saturated carbocycles. The van der Waals surface area contributed by atoms with Crippen molar-refractivity contribution in [1.82, 2.24) is 15.2 Å². The molecule has 0 fully saturated rings. The number of rotatable bonds is 5. The van der Waals surface area contributed by atoms with Crippen LogP contribution in [0.3, 0.4) is 0 Å². The molecule has 0 bridgehead atoms. The van der Waals surface area contributed by atoms with Crippen LogP contribution in [-0.4, -0.2) is 15.2 Å². The van der Waals surface area contributed by atoms with E-state index in [1.165, 1.54) is 0 Å². The lowest BCUT2D eigenvalue weighted by Gasteiger charge is -2.14. The van der Waals surface area contributed by atoms with E-state index in [9.17, 15) is 0 Å². The second-order valence-electron chi connectivity index (χ2n) is 5.78. The van der Waals surface area contributed by atoms with Crippen LogP contribution in [0.5, 0.6) is 11.6 Å². The summed E-state index contributed by atoms with van der Waals surface area (Å²) >= 11 is 0. The standard InChI is InChI=1S/C18H20N4O2/c1-11-7-8-19-17(9-11)24-16-10-15(6-5-12(16)2)20-13(3)18-22-21-14(4)23-18/h5-10,13,20H,1-4H3/t13-/m1/s1. The van der Waals surface area contributed by atoms with E-state index in [0.717, 1.165) is 22.6 Å². The van der Waals surface area contributed by atoms with Crippen molar-refractivity contribution in [3.05, 3.63) is 59.4 Å². The minimum Gasteiger partial charge on any atom is -0.439 e. The van der Waals surface area contributed by atoms with Gasteiger partial charge in [-0.25, -0.2) is 4.98 Å². The number of nitrogens with one attached hydrogen (secondary N) is 1. The first kappa shape index (κ1) is 16.0. The molecule has 3 rings (SSSR count). The Hall–Kier alpha value is -2.89. The van der Waals surface area contributed by atoms with E-state index in [1.54, 1.807) is 13.1 Å². The molecule has 0 aliphatic carbocycles. The Morgan fingerprint density at radius 2 is 1.92 bits per heavy atom. The number of ether oxygens (including phenoxy) is 1. The summed E-state index contributed by atoms with van der Waals surface area (Å²) in [5.74, 6) is 2.44. The molecule has 0 amide bonds. The van der Waals surface area contributed by atoms with E-state index in [1.807, 2.05) is 51.1 Å². The van der Waals surface area contributed by atoms with Gasteiger partial charge < -0.3 is 14.5 Å². The molecular weight excluding hydrogens is 304 g/mol. The lowest BCUT2D eigenvalue weighted by Crippen LogP contribution is -2.07. The van der Waals surface area contributed by atoms with Crippen LogP contribution in [0.25, 0.3) is 0 Å². The van der Waals surface area contributed by atoms with E-state index in [2.05, 4.69) is 20.5 Å². The molecule has 0 aliphatic rings. The Morgan fingerprint density at radius 3 is 2.62 bits per heavy atom. The number of aryl methyl sites for hydroxylation is 3. The van der Waals surface area contributed by atoms with E-state index in [-0.39, 0.29) is 6.04 Å². The Bertz CT molecular complexity index is 845. The third-order valence-electron chi connectivity index (χ3n) is 3.59. The smallest absolute Gasteiger partial charge is 0.238 e. The van der Waals surface area contributed by atoms with E-state index in [4.69, 9.17) is 9.15 Å². The van der Waals surface area contributed by atoms with Gasteiger partial charge in [0, 0.05) is 30.9 Å². The molecule has 1 aromatic carbocycles. The predicted molar refractivity (Wildman–Crippen MR) is 91.3 cm³/mol. The molecule has 0 aliphatic heterocycles. The number of aromatic nitrogens is 3. The maximum atomic E-state index is 5.92. The largest absolute Gasteiger partial charge is 0.439 e. The van der Waals surface area contributed by atoms with Crippen molar-refractivity contribution in [2.24, 2.45) is 0 Å². The third-order valence-corrected chi connectivity index (χ3v) is 3.59. The molecular formula is C18H20N4O2. The van der Waals surface area contributed by atoms with Crippen molar-refractivity contribution < 1.29 is 9.15 Å². The summed E-state index contributed by atoms with van der Waals surface area (Å²) in [5, 5.41) is 11.2. The van der Waals surface area contributed by atoms with Gasteiger partial charge in [-0.2, -0.15) is 0 Å². The van der Waals surface area contributed by atoms with E-state index >= 15 is 0 Å². The quantitative estimate of drug-likeness (QED) is 0.752. The van der Waals surface area contributed by atoms with Crippen LogP contribution in [0.1, 0.15) is 35.9 Å². The van der Waals surface area contributed by atoms with Crippen LogP contribution in [-0.2, 0) is 0 Å². The first-order valence-electron chi connectivity index (χ1n) is 7.79. The first-order chi connectivity index (χ1) is 11.5. The topological polar surface area (TPSA) is 73.1 Å². The normalized spacial score (nSPS) is 12.0. The monoisotopic (exact) mass is 324 g/mol. The fraction of sp³-hybridized carbons (Fsp3) is 0.278. The predicted octanol–water partition coefficient (Wildman–Crippen LogP) is 4.36. The van der Waals surface area contributed by atoms with Crippen molar-refractivity contribution in [2.45, 2.75) is 33.7 Å². The molecule has 2 heterocycles. The first-order valence-corrected chi connectivity index (χ1v) is 7.79. The van der Waals surface area contributed by atoms with Crippen LogP contribution in [0.15, 0.2) is 40.9 Å². The van der Waals surface area contributed by atoms with Crippen LogP contribution in [0.4, 0.5) is 5.69 Å². The number of anilines is 1. The van der Waals surface area contributed by atoms with Gasteiger partial charge >= 0.3 is 0 Å².